The third kappa shape index (κ3) is 6.14. The molecule has 0 radical (unpaired) electrons. The van der Waals surface area contributed by atoms with Crippen molar-refractivity contribution in [2.45, 2.75) is 44.8 Å². The molecule has 1 aliphatic rings. The minimum absolute atomic E-state index is 0.00729. The number of rotatable bonds is 9. The number of aromatic nitrogens is 1. The molecule has 1 unspecified atom stereocenters. The second-order valence-corrected chi connectivity index (χ2v) is 10.3. The molecule has 1 aromatic carbocycles. The number of hydrogen-bond donors (Lipinski definition) is 1. The lowest BCUT2D eigenvalue weighted by Crippen LogP contribution is -2.42. The lowest BCUT2D eigenvalue weighted by atomic mass is 9.92. The van der Waals surface area contributed by atoms with E-state index in [1.165, 1.54) is 18.3 Å². The number of carbonyl (C=O) groups excluding carboxylic acids is 3. The van der Waals surface area contributed by atoms with Crippen LogP contribution in [0.1, 0.15) is 49.9 Å². The van der Waals surface area contributed by atoms with Crippen molar-refractivity contribution in [1.82, 2.24) is 14.8 Å². The summed E-state index contributed by atoms with van der Waals surface area (Å²) in [7, 11) is 1.60. The van der Waals surface area contributed by atoms with Gasteiger partial charge in [-0.2, -0.15) is 3.89 Å². The van der Waals surface area contributed by atoms with E-state index in [2.05, 4.69) is 4.98 Å². The molecule has 0 aliphatic carbocycles. The van der Waals surface area contributed by atoms with Crippen LogP contribution >= 0.6 is 35.3 Å². The third-order valence-electron chi connectivity index (χ3n) is 6.24. The molecular formula is C25H26Cl2F2N4O3S. The van der Waals surface area contributed by atoms with Crippen LogP contribution in [0, 0.1) is 11.7 Å². The highest BCUT2D eigenvalue weighted by molar-refractivity contribution is 7.99. The maximum Gasteiger partial charge on any atom is 0.271 e. The van der Waals surface area contributed by atoms with Gasteiger partial charge in [0.05, 0.1) is 35.3 Å². The second-order valence-electron chi connectivity index (χ2n) is 8.93. The number of aldehydes is 1. The summed E-state index contributed by atoms with van der Waals surface area (Å²) in [5.41, 5.74) is 7.83. The third-order valence-corrected chi connectivity index (χ3v) is 7.31. The van der Waals surface area contributed by atoms with Gasteiger partial charge in [0.2, 0.25) is 5.91 Å². The molecule has 3 atom stereocenters. The van der Waals surface area contributed by atoms with E-state index in [4.69, 9.17) is 28.9 Å². The minimum atomic E-state index is -0.968. The standard InChI is InChI=1S/C25H26Cl2F2N4O3S/c1-13(2)22(24(37-29)25(36)33-16(12-34)6-9-20(33)35)32(3)23(14-4-7-17(26)18(28)10-14)21(30)15-5-8-19(27)31-11-15/h4-5,7-8,10-13,16,21,23H,6,9,30H2,1-3H3/b24-22-/t16-,21?,23+/m0/s1. The Morgan fingerprint density at radius 3 is 2.49 bits per heavy atom. The van der Waals surface area contributed by atoms with Crippen molar-refractivity contribution in [1.29, 1.82) is 0 Å². The van der Waals surface area contributed by atoms with Crippen LogP contribution in [0.4, 0.5) is 8.28 Å². The van der Waals surface area contributed by atoms with Crippen molar-refractivity contribution in [3.8, 4) is 0 Å². The van der Waals surface area contributed by atoms with Crippen molar-refractivity contribution < 1.29 is 22.7 Å². The van der Waals surface area contributed by atoms with Gasteiger partial charge in [-0.25, -0.2) is 9.37 Å². The largest absolute Gasteiger partial charge is 0.368 e. The lowest BCUT2D eigenvalue weighted by molar-refractivity contribution is -0.142. The summed E-state index contributed by atoms with van der Waals surface area (Å²) in [6.07, 6.45) is 2.16. The molecule has 12 heteroatoms. The fourth-order valence-electron chi connectivity index (χ4n) is 4.50. The van der Waals surface area contributed by atoms with Crippen molar-refractivity contribution in [2.24, 2.45) is 11.7 Å². The molecule has 2 heterocycles. The quantitative estimate of drug-likeness (QED) is 0.245. The van der Waals surface area contributed by atoms with Gasteiger partial charge in [0, 0.05) is 25.4 Å². The highest BCUT2D eigenvalue weighted by atomic mass is 35.5. The number of allylic oxidation sites excluding steroid dienone is 1. The van der Waals surface area contributed by atoms with Crippen LogP contribution in [0.25, 0.3) is 0 Å². The van der Waals surface area contributed by atoms with Crippen LogP contribution < -0.4 is 5.73 Å². The summed E-state index contributed by atoms with van der Waals surface area (Å²) in [5.74, 6) is -2.58. The molecule has 1 fully saturated rings. The number of nitrogens with zero attached hydrogens (tertiary/aromatic N) is 3. The Balaban J connectivity index is 2.18. The van der Waals surface area contributed by atoms with Crippen LogP contribution in [0.15, 0.2) is 47.1 Å². The smallest absolute Gasteiger partial charge is 0.271 e. The summed E-state index contributed by atoms with van der Waals surface area (Å²) >= 11 is 11.5. The zero-order valence-electron chi connectivity index (χ0n) is 20.3. The SMILES string of the molecule is CC(C)/C(=C(/SF)C(=O)N1C(=O)CC[C@H]1C=O)N(C)[C@H](c1ccc(Cl)c(F)c1)C(N)c1ccc(Cl)nc1. The maximum atomic E-state index is 14.5. The fourth-order valence-corrected chi connectivity index (χ4v) is 5.36. The number of benzene rings is 1. The van der Waals surface area contributed by atoms with Gasteiger partial charge in [-0.05, 0) is 41.7 Å². The highest BCUT2D eigenvalue weighted by Gasteiger charge is 2.40. The van der Waals surface area contributed by atoms with E-state index < -0.39 is 41.7 Å². The first kappa shape index (κ1) is 29.0. The fraction of sp³-hybridized carbons (Fsp3) is 0.360. The first-order valence-electron chi connectivity index (χ1n) is 11.4. The summed E-state index contributed by atoms with van der Waals surface area (Å²) < 4.78 is 29.0. The average molecular weight is 571 g/mol. The van der Waals surface area contributed by atoms with Crippen LogP contribution in [0.5, 0.6) is 0 Å². The zero-order chi connectivity index (χ0) is 27.4. The molecule has 1 saturated heterocycles. The predicted octanol–water partition coefficient (Wildman–Crippen LogP) is 5.40. The summed E-state index contributed by atoms with van der Waals surface area (Å²) in [6, 6.07) is 4.79. The number of halogens is 4. The Bertz CT molecular complexity index is 1210. The van der Waals surface area contributed by atoms with Gasteiger partial charge in [0.25, 0.3) is 5.91 Å². The number of hydrogen-bond acceptors (Lipinski definition) is 7. The first-order valence-corrected chi connectivity index (χ1v) is 12.9. The number of likely N-dealkylation sites (tertiary alicyclic amines) is 1. The van der Waals surface area contributed by atoms with E-state index in [-0.39, 0.29) is 45.8 Å². The number of amides is 2. The van der Waals surface area contributed by atoms with Gasteiger partial charge in [-0.3, -0.25) is 14.5 Å². The van der Waals surface area contributed by atoms with Gasteiger partial charge in [-0.15, -0.1) is 0 Å². The van der Waals surface area contributed by atoms with Crippen LogP contribution in [-0.4, -0.2) is 46.0 Å². The van der Waals surface area contributed by atoms with E-state index in [1.54, 1.807) is 44.0 Å². The van der Waals surface area contributed by atoms with Crippen molar-refractivity contribution >= 4 is 53.5 Å². The summed E-state index contributed by atoms with van der Waals surface area (Å²) in [5, 5.41) is 0.164. The van der Waals surface area contributed by atoms with Gasteiger partial charge in [0.1, 0.15) is 22.2 Å². The molecule has 2 aromatic rings. The highest BCUT2D eigenvalue weighted by Crippen LogP contribution is 2.40. The Morgan fingerprint density at radius 2 is 1.95 bits per heavy atom. The van der Waals surface area contributed by atoms with Gasteiger partial charge in [-0.1, -0.05) is 49.2 Å². The molecule has 0 saturated carbocycles. The first-order chi connectivity index (χ1) is 17.5. The summed E-state index contributed by atoms with van der Waals surface area (Å²) in [6.45, 7) is 3.49. The Hall–Kier alpha value is -2.53. The van der Waals surface area contributed by atoms with E-state index >= 15 is 0 Å². The molecule has 0 bridgehead atoms. The van der Waals surface area contributed by atoms with E-state index in [1.807, 2.05) is 0 Å². The summed E-state index contributed by atoms with van der Waals surface area (Å²) in [4.78, 5) is 43.4. The van der Waals surface area contributed by atoms with Crippen molar-refractivity contribution in [3.63, 3.8) is 0 Å². The molecule has 7 nitrogen and oxygen atoms in total. The Labute approximate surface area is 228 Å². The van der Waals surface area contributed by atoms with Gasteiger partial charge >= 0.3 is 0 Å². The Morgan fingerprint density at radius 1 is 1.27 bits per heavy atom. The molecule has 1 aromatic heterocycles. The zero-order valence-corrected chi connectivity index (χ0v) is 22.7. The van der Waals surface area contributed by atoms with E-state index in [0.29, 0.717) is 17.4 Å². The van der Waals surface area contributed by atoms with Gasteiger partial charge < -0.3 is 15.4 Å². The van der Waals surface area contributed by atoms with Crippen molar-refractivity contribution in [2.75, 3.05) is 7.05 Å². The molecular weight excluding hydrogens is 545 g/mol. The molecule has 2 amide bonds. The number of carbonyl (C=O) groups is 3. The van der Waals surface area contributed by atoms with E-state index in [0.717, 1.165) is 4.90 Å². The number of likely N-dealkylation sites (N-methyl/N-ethyl adjacent to an activating group) is 1. The topological polar surface area (TPSA) is 96.6 Å². The monoisotopic (exact) mass is 570 g/mol. The van der Waals surface area contributed by atoms with Crippen molar-refractivity contribution in [3.05, 3.63) is 74.3 Å². The average Bonchev–Trinajstić information content (AvgIpc) is 3.24. The van der Waals surface area contributed by atoms with Crippen LogP contribution in [0.2, 0.25) is 10.2 Å². The van der Waals surface area contributed by atoms with Crippen LogP contribution in [0.3, 0.4) is 0 Å². The molecule has 3 rings (SSSR count). The normalized spacial score (nSPS) is 18.0. The lowest BCUT2D eigenvalue weighted by Gasteiger charge is -2.39. The number of imide groups is 1. The predicted molar refractivity (Wildman–Crippen MR) is 140 cm³/mol. The van der Waals surface area contributed by atoms with Gasteiger partial charge in [0.15, 0.2) is 0 Å². The Kier molecular flexibility index (Phi) is 9.68. The molecule has 37 heavy (non-hydrogen) atoms. The molecule has 0 spiro atoms. The van der Waals surface area contributed by atoms with E-state index in [9.17, 15) is 22.7 Å². The number of pyridine rings is 1. The molecule has 1 aliphatic heterocycles. The molecule has 198 valence electrons. The maximum absolute atomic E-state index is 14.5. The molecule has 2 N–H and O–H groups in total. The second kappa shape index (κ2) is 12.3. The number of nitrogens with two attached hydrogens (primary N) is 1. The minimum Gasteiger partial charge on any atom is -0.368 e. The van der Waals surface area contributed by atoms with Crippen LogP contribution in [-0.2, 0) is 14.4 Å².